The fraction of sp³-hybridized carbons (Fsp3) is 0.429. The highest BCUT2D eigenvalue weighted by molar-refractivity contribution is 5.75. The van der Waals surface area contributed by atoms with Gasteiger partial charge in [0.25, 0.3) is 0 Å². The first-order chi connectivity index (χ1) is 9.65. The second-order valence-corrected chi connectivity index (χ2v) is 5.77. The zero-order valence-electron chi connectivity index (χ0n) is 12.3. The molecule has 5 nitrogen and oxygen atoms in total. The van der Waals surface area contributed by atoms with Crippen LogP contribution >= 0.6 is 0 Å². The number of nitrogens with zero attached hydrogens (tertiary/aromatic N) is 1. The molecule has 0 aliphatic rings. The highest BCUT2D eigenvalue weighted by Gasteiger charge is 2.20. The topological polar surface area (TPSA) is 67.0 Å². The van der Waals surface area contributed by atoms with E-state index in [0.29, 0.717) is 16.9 Å². The van der Waals surface area contributed by atoms with E-state index < -0.39 is 29.4 Å². The highest BCUT2D eigenvalue weighted by Crippen LogP contribution is 2.19. The standard InChI is InChI=1S/C14H17F2N3O2/c1-7(17-13(20)21-14(2,3)4)12-18-10-5-8(15)9(16)6-11(10)19-12/h5-7H,1-4H3,(H,17,20)(H,18,19)/t7-/m0/s1. The first-order valence-electron chi connectivity index (χ1n) is 6.50. The number of alkyl carbamates (subject to hydrolysis) is 1. The van der Waals surface area contributed by atoms with Crippen molar-refractivity contribution in [2.45, 2.75) is 39.3 Å². The van der Waals surface area contributed by atoms with E-state index in [2.05, 4.69) is 15.3 Å². The van der Waals surface area contributed by atoms with E-state index >= 15 is 0 Å². The number of benzene rings is 1. The molecule has 0 radical (unpaired) electrons. The second-order valence-electron chi connectivity index (χ2n) is 5.77. The minimum Gasteiger partial charge on any atom is -0.444 e. The summed E-state index contributed by atoms with van der Waals surface area (Å²) in [6, 6.07) is 1.55. The number of carbonyl (C=O) groups excluding carboxylic acids is 1. The Balaban J connectivity index is 2.16. The van der Waals surface area contributed by atoms with Gasteiger partial charge in [0.15, 0.2) is 11.6 Å². The molecule has 2 aromatic rings. The maximum Gasteiger partial charge on any atom is 0.408 e. The van der Waals surface area contributed by atoms with Crippen LogP contribution in [-0.2, 0) is 4.74 Å². The number of rotatable bonds is 2. The number of fused-ring (bicyclic) bond motifs is 1. The van der Waals surface area contributed by atoms with Gasteiger partial charge in [-0.3, -0.25) is 0 Å². The fourth-order valence-corrected chi connectivity index (χ4v) is 1.78. The van der Waals surface area contributed by atoms with Gasteiger partial charge in [0.05, 0.1) is 17.1 Å². The first kappa shape index (κ1) is 15.2. The van der Waals surface area contributed by atoms with Gasteiger partial charge in [-0.25, -0.2) is 18.6 Å². The predicted molar refractivity (Wildman–Crippen MR) is 73.8 cm³/mol. The van der Waals surface area contributed by atoms with Crippen LogP contribution in [0.5, 0.6) is 0 Å². The minimum absolute atomic E-state index is 0.293. The van der Waals surface area contributed by atoms with E-state index in [1.165, 1.54) is 0 Å². The van der Waals surface area contributed by atoms with Crippen molar-refractivity contribution < 1.29 is 18.3 Å². The van der Waals surface area contributed by atoms with Crippen LogP contribution in [0, 0.1) is 11.6 Å². The molecule has 0 fully saturated rings. The van der Waals surface area contributed by atoms with Gasteiger partial charge in [0.1, 0.15) is 11.4 Å². The van der Waals surface area contributed by atoms with E-state index in [1.807, 2.05) is 0 Å². The Labute approximate surface area is 120 Å². The normalized spacial score (nSPS) is 13.2. The van der Waals surface area contributed by atoms with Gasteiger partial charge >= 0.3 is 6.09 Å². The zero-order chi connectivity index (χ0) is 15.8. The Morgan fingerprint density at radius 2 is 1.95 bits per heavy atom. The molecule has 21 heavy (non-hydrogen) atoms. The number of ether oxygens (including phenoxy) is 1. The molecule has 0 spiro atoms. The summed E-state index contributed by atoms with van der Waals surface area (Å²) in [5.74, 6) is -1.53. The van der Waals surface area contributed by atoms with Crippen molar-refractivity contribution in [1.29, 1.82) is 0 Å². The number of nitrogens with one attached hydrogen (secondary N) is 2. The summed E-state index contributed by atoms with van der Waals surface area (Å²) >= 11 is 0. The lowest BCUT2D eigenvalue weighted by Crippen LogP contribution is -2.34. The molecule has 0 aliphatic heterocycles. The first-order valence-corrected chi connectivity index (χ1v) is 6.50. The SMILES string of the molecule is C[C@H](NC(=O)OC(C)(C)C)c1nc2cc(F)c(F)cc2[nH]1. The molecule has 0 saturated heterocycles. The van der Waals surface area contributed by atoms with Crippen LogP contribution in [0.25, 0.3) is 11.0 Å². The van der Waals surface area contributed by atoms with Gasteiger partial charge in [-0.1, -0.05) is 0 Å². The fourth-order valence-electron chi connectivity index (χ4n) is 1.78. The third-order valence-electron chi connectivity index (χ3n) is 2.69. The summed E-state index contributed by atoms with van der Waals surface area (Å²) in [5, 5.41) is 2.60. The quantitative estimate of drug-likeness (QED) is 0.892. The van der Waals surface area contributed by atoms with E-state index in [0.717, 1.165) is 12.1 Å². The lowest BCUT2D eigenvalue weighted by Gasteiger charge is -2.21. The molecule has 1 atom stereocenters. The number of aromatic amines is 1. The van der Waals surface area contributed by atoms with Gasteiger partial charge in [0, 0.05) is 12.1 Å². The Kier molecular flexibility index (Phi) is 3.85. The lowest BCUT2D eigenvalue weighted by molar-refractivity contribution is 0.0506. The van der Waals surface area contributed by atoms with Gasteiger partial charge in [-0.05, 0) is 27.7 Å². The van der Waals surface area contributed by atoms with Crippen molar-refractivity contribution in [2.24, 2.45) is 0 Å². The van der Waals surface area contributed by atoms with Crippen molar-refractivity contribution in [3.05, 3.63) is 29.6 Å². The maximum atomic E-state index is 13.1. The monoisotopic (exact) mass is 297 g/mol. The molecule has 114 valence electrons. The molecule has 1 amide bonds. The summed E-state index contributed by atoms with van der Waals surface area (Å²) in [5.41, 5.74) is 0.0488. The van der Waals surface area contributed by atoms with Crippen molar-refractivity contribution in [2.75, 3.05) is 0 Å². The van der Waals surface area contributed by atoms with Crippen molar-refractivity contribution >= 4 is 17.1 Å². The van der Waals surface area contributed by atoms with Crippen molar-refractivity contribution in [1.82, 2.24) is 15.3 Å². The molecular formula is C14H17F2N3O2. The molecule has 2 N–H and O–H groups in total. The van der Waals surface area contributed by atoms with Crippen LogP contribution in [-0.4, -0.2) is 21.7 Å². The zero-order valence-corrected chi connectivity index (χ0v) is 12.3. The van der Waals surface area contributed by atoms with Gasteiger partial charge in [-0.2, -0.15) is 0 Å². The number of halogens is 2. The second kappa shape index (κ2) is 5.31. The third-order valence-corrected chi connectivity index (χ3v) is 2.69. The Hall–Kier alpha value is -2.18. The highest BCUT2D eigenvalue weighted by atomic mass is 19.2. The minimum atomic E-state index is -0.965. The largest absolute Gasteiger partial charge is 0.444 e. The number of carbonyl (C=O) groups is 1. The summed E-state index contributed by atoms with van der Waals surface area (Å²) in [6.07, 6.45) is -0.590. The van der Waals surface area contributed by atoms with Crippen LogP contribution < -0.4 is 5.32 Å². The Bertz CT molecular complexity index is 638. The smallest absolute Gasteiger partial charge is 0.408 e. The van der Waals surface area contributed by atoms with E-state index in [-0.39, 0.29) is 0 Å². The maximum absolute atomic E-state index is 13.1. The molecule has 0 bridgehead atoms. The number of H-pyrrole nitrogens is 1. The number of hydrogen-bond acceptors (Lipinski definition) is 3. The van der Waals surface area contributed by atoms with E-state index in [9.17, 15) is 13.6 Å². The number of imidazole rings is 1. The van der Waals surface area contributed by atoms with Gasteiger partial charge in [0.2, 0.25) is 0 Å². The molecule has 0 aliphatic carbocycles. The number of hydrogen-bond donors (Lipinski definition) is 2. The third kappa shape index (κ3) is 3.68. The summed E-state index contributed by atoms with van der Waals surface area (Å²) < 4.78 is 31.4. The van der Waals surface area contributed by atoms with Gasteiger partial charge in [-0.15, -0.1) is 0 Å². The average Bonchev–Trinajstić information content (AvgIpc) is 2.70. The van der Waals surface area contributed by atoms with Crippen LogP contribution in [0.4, 0.5) is 13.6 Å². The Morgan fingerprint density at radius 3 is 2.57 bits per heavy atom. The van der Waals surface area contributed by atoms with E-state index in [4.69, 9.17) is 4.74 Å². The number of amides is 1. The van der Waals surface area contributed by atoms with Crippen molar-refractivity contribution in [3.8, 4) is 0 Å². The van der Waals surface area contributed by atoms with E-state index in [1.54, 1.807) is 27.7 Å². The predicted octanol–water partition coefficient (Wildman–Crippen LogP) is 3.43. The van der Waals surface area contributed by atoms with Crippen LogP contribution in [0.2, 0.25) is 0 Å². The molecule has 1 heterocycles. The van der Waals surface area contributed by atoms with Crippen LogP contribution in [0.3, 0.4) is 0 Å². The molecule has 0 unspecified atom stereocenters. The van der Waals surface area contributed by atoms with Crippen molar-refractivity contribution in [3.63, 3.8) is 0 Å². The Morgan fingerprint density at radius 1 is 1.33 bits per heavy atom. The molecule has 0 saturated carbocycles. The van der Waals surface area contributed by atoms with Crippen LogP contribution in [0.15, 0.2) is 12.1 Å². The summed E-state index contributed by atoms with van der Waals surface area (Å²) in [4.78, 5) is 18.6. The summed E-state index contributed by atoms with van der Waals surface area (Å²) in [7, 11) is 0. The number of aromatic nitrogens is 2. The average molecular weight is 297 g/mol. The molecular weight excluding hydrogens is 280 g/mol. The van der Waals surface area contributed by atoms with Crippen LogP contribution in [0.1, 0.15) is 39.6 Å². The van der Waals surface area contributed by atoms with Gasteiger partial charge < -0.3 is 15.0 Å². The molecule has 7 heteroatoms. The molecule has 1 aromatic carbocycles. The lowest BCUT2D eigenvalue weighted by atomic mass is 10.2. The summed E-state index contributed by atoms with van der Waals surface area (Å²) in [6.45, 7) is 6.95. The molecule has 2 rings (SSSR count). The molecule has 1 aromatic heterocycles.